The second-order valence-electron chi connectivity index (χ2n) is 3.08. The van der Waals surface area contributed by atoms with Crippen molar-refractivity contribution in [3.8, 4) is 0 Å². The van der Waals surface area contributed by atoms with Crippen molar-refractivity contribution < 1.29 is 0 Å². The van der Waals surface area contributed by atoms with Crippen molar-refractivity contribution in [1.29, 1.82) is 0 Å². The van der Waals surface area contributed by atoms with Crippen molar-refractivity contribution >= 4 is 55.3 Å². The predicted molar refractivity (Wildman–Crippen MR) is 76.3 cm³/mol. The molecule has 2 aromatic heterocycles. The predicted octanol–water partition coefficient (Wildman–Crippen LogP) is 3.71. The van der Waals surface area contributed by atoms with E-state index in [1.165, 1.54) is 5.56 Å². The molecule has 0 bridgehead atoms. The van der Waals surface area contributed by atoms with E-state index in [2.05, 4.69) is 27.3 Å². The summed E-state index contributed by atoms with van der Waals surface area (Å²) in [5.74, 6) is 0.779. The van der Waals surface area contributed by atoms with Crippen LogP contribution in [0.15, 0.2) is 16.7 Å². The number of thioether (sulfide) groups is 2. The number of fused-ring (bicyclic) bond motifs is 1. The zero-order valence-corrected chi connectivity index (χ0v) is 11.7. The highest BCUT2D eigenvalue weighted by Crippen LogP contribution is 2.31. The van der Waals surface area contributed by atoms with E-state index in [4.69, 9.17) is 0 Å². The van der Waals surface area contributed by atoms with E-state index < -0.39 is 0 Å². The first-order valence-corrected chi connectivity index (χ1v) is 7.94. The molecule has 0 fully saturated rings. The second kappa shape index (κ2) is 5.16. The number of rotatable bonds is 1. The fourth-order valence-electron chi connectivity index (χ4n) is 1.30. The van der Waals surface area contributed by atoms with Crippen LogP contribution in [0.3, 0.4) is 0 Å². The summed E-state index contributed by atoms with van der Waals surface area (Å²) in [7, 11) is 0. The number of hydrogen-bond donors (Lipinski definition) is 0. The minimum absolute atomic E-state index is 0.779. The van der Waals surface area contributed by atoms with Crippen molar-refractivity contribution in [2.45, 2.75) is 6.92 Å². The highest BCUT2D eigenvalue weighted by Gasteiger charge is 2.07. The third-order valence-corrected chi connectivity index (χ3v) is 5.02. The van der Waals surface area contributed by atoms with Crippen LogP contribution in [0.1, 0.15) is 5.56 Å². The maximum atomic E-state index is 4.54. The molecule has 0 spiro atoms. The number of aryl methyl sites for hydroxylation is 1. The fourth-order valence-corrected chi connectivity index (χ4v) is 3.26. The Morgan fingerprint density at radius 3 is 2.75 bits per heavy atom. The molecule has 0 amide bonds. The van der Waals surface area contributed by atoms with Gasteiger partial charge in [-0.25, -0.2) is 15.0 Å². The maximum absolute atomic E-state index is 4.54. The van der Waals surface area contributed by atoms with Crippen LogP contribution < -0.4 is 0 Å². The average molecular weight is 269 g/mol. The van der Waals surface area contributed by atoms with E-state index in [0.29, 0.717) is 0 Å². The van der Waals surface area contributed by atoms with Crippen LogP contribution in [0.25, 0.3) is 10.2 Å². The highest BCUT2D eigenvalue weighted by molar-refractivity contribution is 8.38. The zero-order chi connectivity index (χ0) is 11.5. The quantitative estimate of drug-likeness (QED) is 0.584. The molecular weight excluding hydrogens is 258 g/mol. The van der Waals surface area contributed by atoms with Crippen LogP contribution in [0.4, 0.5) is 5.82 Å². The molecule has 0 saturated heterocycles. The van der Waals surface area contributed by atoms with Crippen molar-refractivity contribution in [2.24, 2.45) is 4.99 Å². The van der Waals surface area contributed by atoms with E-state index in [0.717, 1.165) is 20.4 Å². The van der Waals surface area contributed by atoms with Crippen molar-refractivity contribution in [3.63, 3.8) is 0 Å². The van der Waals surface area contributed by atoms with E-state index in [-0.39, 0.29) is 0 Å². The summed E-state index contributed by atoms with van der Waals surface area (Å²) in [6, 6.07) is 0. The smallest absolute Gasteiger partial charge is 0.174 e. The molecule has 0 aliphatic rings. The summed E-state index contributed by atoms with van der Waals surface area (Å²) in [4.78, 5) is 13.1. The Morgan fingerprint density at radius 2 is 2.06 bits per heavy atom. The van der Waals surface area contributed by atoms with Crippen LogP contribution in [0, 0.1) is 6.92 Å². The van der Waals surface area contributed by atoms with Gasteiger partial charge in [-0.1, -0.05) is 0 Å². The third kappa shape index (κ3) is 2.23. The Balaban J connectivity index is 2.56. The Labute approximate surface area is 107 Å². The number of aromatic nitrogens is 2. The monoisotopic (exact) mass is 269 g/mol. The molecule has 0 aliphatic heterocycles. The van der Waals surface area contributed by atoms with Gasteiger partial charge >= 0.3 is 0 Å². The fraction of sp³-hybridized carbons (Fsp3) is 0.300. The van der Waals surface area contributed by atoms with E-state index in [1.54, 1.807) is 41.2 Å². The number of aliphatic imine (C=N–C) groups is 1. The van der Waals surface area contributed by atoms with Gasteiger partial charge in [0.2, 0.25) is 0 Å². The van der Waals surface area contributed by atoms with Crippen LogP contribution in [-0.4, -0.2) is 26.9 Å². The molecule has 0 atom stereocenters. The largest absolute Gasteiger partial charge is 0.235 e. The molecule has 84 valence electrons. The Hall–Kier alpha value is -0.590. The summed E-state index contributed by atoms with van der Waals surface area (Å²) >= 11 is 4.93. The summed E-state index contributed by atoms with van der Waals surface area (Å²) in [6.45, 7) is 2.06. The lowest BCUT2D eigenvalue weighted by atomic mass is 10.3. The normalized spacial score (nSPS) is 10.7. The Morgan fingerprint density at radius 1 is 1.31 bits per heavy atom. The minimum Gasteiger partial charge on any atom is -0.235 e. The SMILES string of the molecule is CSC(=Nc1ncnc2c(C)csc12)SC. The first-order valence-electron chi connectivity index (χ1n) is 4.61. The van der Waals surface area contributed by atoms with Crippen LogP contribution in [-0.2, 0) is 0 Å². The minimum atomic E-state index is 0.779. The molecule has 0 aromatic carbocycles. The van der Waals surface area contributed by atoms with Crippen LogP contribution in [0.2, 0.25) is 0 Å². The first kappa shape index (κ1) is 11.9. The molecule has 0 saturated carbocycles. The van der Waals surface area contributed by atoms with Gasteiger partial charge in [-0.05, 0) is 30.4 Å². The van der Waals surface area contributed by atoms with Gasteiger partial charge in [-0.3, -0.25) is 0 Å². The van der Waals surface area contributed by atoms with Gasteiger partial charge in [0.15, 0.2) is 5.82 Å². The number of hydrogen-bond acceptors (Lipinski definition) is 6. The highest BCUT2D eigenvalue weighted by atomic mass is 32.2. The molecule has 0 unspecified atom stereocenters. The molecule has 3 nitrogen and oxygen atoms in total. The lowest BCUT2D eigenvalue weighted by Crippen LogP contribution is -1.85. The van der Waals surface area contributed by atoms with Gasteiger partial charge in [0.1, 0.15) is 10.7 Å². The molecule has 0 radical (unpaired) electrons. The van der Waals surface area contributed by atoms with Crippen LogP contribution >= 0.6 is 34.9 Å². The van der Waals surface area contributed by atoms with E-state index in [9.17, 15) is 0 Å². The van der Waals surface area contributed by atoms with E-state index in [1.807, 2.05) is 12.5 Å². The van der Waals surface area contributed by atoms with Gasteiger partial charge in [0.25, 0.3) is 0 Å². The van der Waals surface area contributed by atoms with Gasteiger partial charge in [-0.2, -0.15) is 0 Å². The van der Waals surface area contributed by atoms with Crippen molar-refractivity contribution in [2.75, 3.05) is 12.5 Å². The Kier molecular flexibility index (Phi) is 3.83. The summed E-state index contributed by atoms with van der Waals surface area (Å²) in [5, 5.41) is 2.09. The molecule has 6 heteroatoms. The lowest BCUT2D eigenvalue weighted by Gasteiger charge is -1.99. The zero-order valence-electron chi connectivity index (χ0n) is 9.22. The standard InChI is InChI=1S/C10H11N3S3/c1-6-4-16-8-7(6)11-5-12-9(8)13-10(14-2)15-3/h4-5H,1-3H3. The van der Waals surface area contributed by atoms with Gasteiger partial charge in [-0.15, -0.1) is 34.9 Å². The average Bonchev–Trinajstić information content (AvgIpc) is 2.69. The molecular formula is C10H11N3S3. The summed E-state index contributed by atoms with van der Waals surface area (Å²) < 4.78 is 2.09. The molecule has 2 aromatic rings. The maximum Gasteiger partial charge on any atom is 0.174 e. The summed E-state index contributed by atoms with van der Waals surface area (Å²) in [6.07, 6.45) is 5.62. The Bertz CT molecular complexity index is 527. The molecule has 0 aliphatic carbocycles. The van der Waals surface area contributed by atoms with Gasteiger partial charge in [0.05, 0.1) is 10.2 Å². The third-order valence-electron chi connectivity index (χ3n) is 2.06. The number of thiophene rings is 1. The molecule has 16 heavy (non-hydrogen) atoms. The second-order valence-corrected chi connectivity index (χ2v) is 5.81. The van der Waals surface area contributed by atoms with Crippen LogP contribution in [0.5, 0.6) is 0 Å². The first-order chi connectivity index (χ1) is 7.76. The lowest BCUT2D eigenvalue weighted by molar-refractivity contribution is 1.20. The van der Waals surface area contributed by atoms with Crippen molar-refractivity contribution in [1.82, 2.24) is 9.97 Å². The molecule has 2 rings (SSSR count). The topological polar surface area (TPSA) is 38.1 Å². The summed E-state index contributed by atoms with van der Waals surface area (Å²) in [5.41, 5.74) is 2.20. The van der Waals surface area contributed by atoms with Gasteiger partial charge < -0.3 is 0 Å². The molecule has 2 heterocycles. The van der Waals surface area contributed by atoms with Gasteiger partial charge in [0, 0.05) is 0 Å². The van der Waals surface area contributed by atoms with Crippen molar-refractivity contribution in [3.05, 3.63) is 17.3 Å². The number of nitrogens with zero attached hydrogens (tertiary/aromatic N) is 3. The molecule has 0 N–H and O–H groups in total. The van der Waals surface area contributed by atoms with E-state index >= 15 is 0 Å².